The molecule has 0 spiro atoms. The maximum Gasteiger partial charge on any atom is 0.333 e. The number of imidazole rings is 1. The smallest absolute Gasteiger partial charge is 0.333 e. The number of thioether (sulfide) groups is 1. The van der Waals surface area contributed by atoms with Gasteiger partial charge in [-0.25, -0.2) is 19.7 Å². The minimum absolute atomic E-state index is 0.126. The summed E-state index contributed by atoms with van der Waals surface area (Å²) in [5.41, 5.74) is 0.0968. The Labute approximate surface area is 184 Å². The van der Waals surface area contributed by atoms with Crippen LogP contribution in [0.1, 0.15) is 20.3 Å². The topological polar surface area (TPSA) is 109 Å². The van der Waals surface area contributed by atoms with E-state index in [9.17, 15) is 9.59 Å². The van der Waals surface area contributed by atoms with Gasteiger partial charge < -0.3 is 19.1 Å². The Morgan fingerprint density at radius 1 is 1.19 bits per heavy atom. The third-order valence-corrected chi connectivity index (χ3v) is 7.00. The van der Waals surface area contributed by atoms with Crippen molar-refractivity contribution in [2.45, 2.75) is 25.8 Å². The summed E-state index contributed by atoms with van der Waals surface area (Å²) in [5.74, 6) is 0.835. The van der Waals surface area contributed by atoms with Gasteiger partial charge in [0.25, 0.3) is 0 Å². The van der Waals surface area contributed by atoms with E-state index in [1.807, 2.05) is 0 Å². The van der Waals surface area contributed by atoms with E-state index in [0.717, 1.165) is 5.82 Å². The first-order chi connectivity index (χ1) is 15.1. The lowest BCUT2D eigenvalue weighted by atomic mass is 9.84. The first kappa shape index (κ1) is 21.8. The van der Waals surface area contributed by atoms with Gasteiger partial charge >= 0.3 is 11.9 Å². The van der Waals surface area contributed by atoms with E-state index < -0.39 is 5.54 Å². The van der Waals surface area contributed by atoms with Crippen LogP contribution in [0.2, 0.25) is 0 Å². The lowest BCUT2D eigenvalue weighted by molar-refractivity contribution is -0.156. The number of morpholine rings is 1. The molecule has 0 unspecified atom stereocenters. The summed E-state index contributed by atoms with van der Waals surface area (Å²) in [6.07, 6.45) is 3.25. The molecule has 11 heteroatoms. The Hall–Kier alpha value is -2.40. The Kier molecular flexibility index (Phi) is 6.61. The van der Waals surface area contributed by atoms with Gasteiger partial charge in [0.15, 0.2) is 22.5 Å². The van der Waals surface area contributed by atoms with Gasteiger partial charge in [0, 0.05) is 24.8 Å². The molecule has 2 atom stereocenters. The van der Waals surface area contributed by atoms with Gasteiger partial charge in [-0.3, -0.25) is 9.36 Å². The lowest BCUT2D eigenvalue weighted by Crippen LogP contribution is -2.49. The molecule has 2 fully saturated rings. The first-order valence-corrected chi connectivity index (χ1v) is 11.7. The summed E-state index contributed by atoms with van der Waals surface area (Å²) >= 11 is 1.61. The largest absolute Gasteiger partial charge is 0.466 e. The average Bonchev–Trinajstić information content (AvgIpc) is 3.39. The fraction of sp³-hybridized carbons (Fsp3) is 0.650. The standard InChI is InChI=1S/C20H27N5O5S/c1-3-29-15(26)9-14-10-31-11-20(14,19(27)30-4-2)25-13-23-16-17(21-12-22-18(16)25)24-5-7-28-8-6-24/h12-14H,3-11H2,1-2H3/t14-,20-/m0/s1. The molecular formula is C20H27N5O5S. The highest BCUT2D eigenvalue weighted by Crippen LogP contribution is 2.44. The quantitative estimate of drug-likeness (QED) is 0.573. The molecule has 4 rings (SSSR count). The van der Waals surface area contributed by atoms with Crippen LogP contribution >= 0.6 is 11.8 Å². The van der Waals surface area contributed by atoms with Crippen LogP contribution in [0.3, 0.4) is 0 Å². The molecule has 2 saturated heterocycles. The van der Waals surface area contributed by atoms with Crippen molar-refractivity contribution in [2.75, 3.05) is 55.9 Å². The molecule has 0 saturated carbocycles. The Bertz CT molecular complexity index is 947. The molecule has 2 aromatic rings. The number of hydrogen-bond donors (Lipinski definition) is 0. The molecule has 2 aromatic heterocycles. The van der Waals surface area contributed by atoms with Crippen molar-refractivity contribution < 1.29 is 23.8 Å². The Morgan fingerprint density at radius 3 is 2.71 bits per heavy atom. The monoisotopic (exact) mass is 449 g/mol. The van der Waals surface area contributed by atoms with Gasteiger partial charge in [0.1, 0.15) is 6.33 Å². The average molecular weight is 450 g/mol. The predicted molar refractivity (Wildman–Crippen MR) is 115 cm³/mol. The van der Waals surface area contributed by atoms with Crippen LogP contribution in [0, 0.1) is 5.92 Å². The van der Waals surface area contributed by atoms with E-state index in [1.54, 1.807) is 36.5 Å². The highest BCUT2D eigenvalue weighted by molar-refractivity contribution is 7.99. The number of fused-ring (bicyclic) bond motifs is 1. The Balaban J connectivity index is 1.78. The van der Waals surface area contributed by atoms with E-state index in [4.69, 9.17) is 14.2 Å². The van der Waals surface area contributed by atoms with E-state index in [-0.39, 0.29) is 30.9 Å². The van der Waals surface area contributed by atoms with Crippen LogP contribution in [0.25, 0.3) is 11.2 Å². The fourth-order valence-corrected chi connectivity index (χ4v) is 5.83. The Morgan fingerprint density at radius 2 is 1.97 bits per heavy atom. The van der Waals surface area contributed by atoms with Gasteiger partial charge in [-0.2, -0.15) is 11.8 Å². The van der Waals surface area contributed by atoms with Crippen LogP contribution < -0.4 is 4.90 Å². The minimum Gasteiger partial charge on any atom is -0.466 e. The van der Waals surface area contributed by atoms with Gasteiger partial charge in [0.2, 0.25) is 0 Å². The molecule has 0 amide bonds. The molecule has 2 aliphatic rings. The lowest BCUT2D eigenvalue weighted by Gasteiger charge is -2.33. The number of carbonyl (C=O) groups is 2. The summed E-state index contributed by atoms with van der Waals surface area (Å²) in [4.78, 5) is 41.3. The molecule has 10 nitrogen and oxygen atoms in total. The van der Waals surface area contributed by atoms with Gasteiger partial charge in [0.05, 0.1) is 39.2 Å². The van der Waals surface area contributed by atoms with E-state index in [2.05, 4.69) is 19.9 Å². The fourth-order valence-electron chi connectivity index (χ4n) is 4.23. The van der Waals surface area contributed by atoms with Crippen molar-refractivity contribution in [3.63, 3.8) is 0 Å². The maximum atomic E-state index is 13.3. The second-order valence-electron chi connectivity index (χ2n) is 7.45. The number of anilines is 1. The summed E-state index contributed by atoms with van der Waals surface area (Å²) in [6, 6.07) is 0. The number of esters is 2. The van der Waals surface area contributed by atoms with E-state index in [1.165, 1.54) is 6.33 Å². The molecule has 2 aliphatic heterocycles. The number of aromatic nitrogens is 4. The van der Waals surface area contributed by atoms with Crippen LogP contribution in [-0.2, 0) is 29.3 Å². The summed E-state index contributed by atoms with van der Waals surface area (Å²) in [6.45, 7) is 6.76. The third-order valence-electron chi connectivity index (χ3n) is 5.72. The SMILES string of the molecule is CCOC(=O)C[C@H]1CSC[C@]1(C(=O)OCC)n1cnc2c(N3CCOCC3)ncnc21. The van der Waals surface area contributed by atoms with Crippen molar-refractivity contribution in [3.8, 4) is 0 Å². The van der Waals surface area contributed by atoms with Crippen LogP contribution in [0.5, 0.6) is 0 Å². The summed E-state index contributed by atoms with van der Waals surface area (Å²) < 4.78 is 17.9. The van der Waals surface area contributed by atoms with E-state index in [0.29, 0.717) is 55.6 Å². The molecule has 0 bridgehead atoms. The van der Waals surface area contributed by atoms with Gasteiger partial charge in [-0.1, -0.05) is 0 Å². The highest BCUT2D eigenvalue weighted by Gasteiger charge is 2.54. The van der Waals surface area contributed by atoms with Crippen molar-refractivity contribution >= 4 is 40.7 Å². The maximum absolute atomic E-state index is 13.3. The van der Waals surface area contributed by atoms with Crippen molar-refractivity contribution in [2.24, 2.45) is 5.92 Å². The molecular weight excluding hydrogens is 422 g/mol. The number of rotatable bonds is 7. The molecule has 4 heterocycles. The zero-order chi connectivity index (χ0) is 21.8. The zero-order valence-corrected chi connectivity index (χ0v) is 18.6. The first-order valence-electron chi connectivity index (χ1n) is 10.5. The molecule has 0 N–H and O–H groups in total. The number of hydrogen-bond acceptors (Lipinski definition) is 10. The second kappa shape index (κ2) is 9.39. The van der Waals surface area contributed by atoms with Gasteiger partial charge in [-0.05, 0) is 19.6 Å². The molecule has 0 aromatic carbocycles. The van der Waals surface area contributed by atoms with Crippen LogP contribution in [0.4, 0.5) is 5.82 Å². The number of ether oxygens (including phenoxy) is 3. The van der Waals surface area contributed by atoms with Gasteiger partial charge in [-0.15, -0.1) is 0 Å². The minimum atomic E-state index is -1.08. The van der Waals surface area contributed by atoms with Crippen molar-refractivity contribution in [1.82, 2.24) is 19.5 Å². The normalized spacial score (nSPS) is 23.8. The molecule has 0 aliphatic carbocycles. The third kappa shape index (κ3) is 3.96. The molecule has 0 radical (unpaired) electrons. The highest BCUT2D eigenvalue weighted by atomic mass is 32.2. The second-order valence-corrected chi connectivity index (χ2v) is 8.48. The molecule has 31 heavy (non-hydrogen) atoms. The van der Waals surface area contributed by atoms with Crippen molar-refractivity contribution in [1.29, 1.82) is 0 Å². The van der Waals surface area contributed by atoms with E-state index >= 15 is 0 Å². The zero-order valence-electron chi connectivity index (χ0n) is 17.8. The van der Waals surface area contributed by atoms with Crippen LogP contribution in [0.15, 0.2) is 12.7 Å². The molecule has 168 valence electrons. The predicted octanol–water partition coefficient (Wildman–Crippen LogP) is 1.24. The summed E-state index contributed by atoms with van der Waals surface area (Å²) in [7, 11) is 0. The van der Waals surface area contributed by atoms with Crippen molar-refractivity contribution in [3.05, 3.63) is 12.7 Å². The number of nitrogens with zero attached hydrogens (tertiary/aromatic N) is 5. The summed E-state index contributed by atoms with van der Waals surface area (Å²) in [5, 5.41) is 0. The van der Waals surface area contributed by atoms with Crippen LogP contribution in [-0.4, -0.2) is 82.5 Å². The number of carbonyl (C=O) groups excluding carboxylic acids is 2.